The zero-order chi connectivity index (χ0) is 38.3. The Balaban J connectivity index is -0.000000619. The van der Waals surface area contributed by atoms with Gasteiger partial charge in [-0.15, -0.1) is 0 Å². The molecule has 51 heavy (non-hydrogen) atoms. The first kappa shape index (κ1) is 54.0. The van der Waals surface area contributed by atoms with Gasteiger partial charge in [-0.1, -0.05) is 74.9 Å². The van der Waals surface area contributed by atoms with E-state index in [0.717, 1.165) is 43.5 Å². The maximum absolute atomic E-state index is 11.9. The predicted octanol–water partition coefficient (Wildman–Crippen LogP) is 6.25. The third-order valence-corrected chi connectivity index (χ3v) is 9.25. The molecule has 0 aromatic heterocycles. The minimum Gasteiger partial charge on any atom is -0.382 e. The van der Waals surface area contributed by atoms with E-state index in [2.05, 4.69) is 32.0 Å². The standard InChI is InChI=1S/C13H20O3S.C11H25NO2.C8H10O2S.C5H13NO2.V/c1-4-5-6-12(3)16-17(14,15)13-9-7-11(2)8-10-13;1-4-5-6-11(2)12-7-8-14-10-9-13-3;1-7-3-5-8(6-4-7)11(2,9)10;1-7-4-5-8-3-2-6;/h7-10,12H,4-6H2,1-3H3;11-12H,4-10H2,1-3H3;3-6H,2H2,1H3,(H,9,10);2-6H2,1H3;. The fourth-order valence-corrected chi connectivity index (χ4v) is 5.50. The second-order valence-electron chi connectivity index (χ2n) is 11.8. The first-order chi connectivity index (χ1) is 23.7. The van der Waals surface area contributed by atoms with Crippen LogP contribution in [-0.4, -0.2) is 102 Å². The number of nitrogens with one attached hydrogen (secondary N) is 1. The normalized spacial score (nSPS) is 13.1. The Morgan fingerprint density at radius 1 is 0.745 bits per heavy atom. The zero-order valence-corrected chi connectivity index (χ0v) is 35.5. The number of methoxy groups -OCH3 is 2. The molecule has 2 aromatic carbocycles. The number of hydrogen-bond donors (Lipinski definition) is 3. The molecule has 0 heterocycles. The van der Waals surface area contributed by atoms with Gasteiger partial charge in [-0.05, 0) is 70.7 Å². The Bertz CT molecular complexity index is 1260. The van der Waals surface area contributed by atoms with Gasteiger partial charge in [0.1, 0.15) is 9.80 Å². The van der Waals surface area contributed by atoms with Crippen molar-refractivity contribution in [3.05, 3.63) is 59.7 Å². The molecule has 11 nitrogen and oxygen atoms in total. The molecular formula is C37H68N2O9S2V. The molecule has 0 spiro atoms. The molecule has 0 fully saturated rings. The Morgan fingerprint density at radius 3 is 1.63 bits per heavy atom. The molecule has 1 radical (unpaired) electrons. The summed E-state index contributed by atoms with van der Waals surface area (Å²) < 4.78 is 68.8. The fraction of sp³-hybridized carbons (Fsp3) is 0.649. The average Bonchev–Trinajstić information content (AvgIpc) is 3.07. The number of benzene rings is 2. The van der Waals surface area contributed by atoms with E-state index in [0.29, 0.717) is 50.5 Å². The molecule has 0 amide bonds. The predicted molar refractivity (Wildman–Crippen MR) is 207 cm³/mol. The van der Waals surface area contributed by atoms with Gasteiger partial charge in [0, 0.05) is 51.9 Å². The minimum atomic E-state index is -3.61. The third-order valence-electron chi connectivity index (χ3n) is 6.81. The molecule has 14 heteroatoms. The summed E-state index contributed by atoms with van der Waals surface area (Å²) in [5.74, 6) is 3.15. The Labute approximate surface area is 322 Å². The van der Waals surface area contributed by atoms with Crippen LogP contribution in [0.15, 0.2) is 58.3 Å². The van der Waals surface area contributed by atoms with Crippen LogP contribution >= 0.6 is 0 Å². The molecule has 2 aromatic rings. The van der Waals surface area contributed by atoms with Gasteiger partial charge in [0.15, 0.2) is 0 Å². The summed E-state index contributed by atoms with van der Waals surface area (Å²) in [5, 5.41) is 3.43. The van der Waals surface area contributed by atoms with Gasteiger partial charge in [-0.25, -0.2) is 4.21 Å². The Morgan fingerprint density at radius 2 is 1.20 bits per heavy atom. The monoisotopic (exact) mass is 799 g/mol. The van der Waals surface area contributed by atoms with Crippen molar-refractivity contribution in [1.29, 1.82) is 0 Å². The molecular weight excluding hydrogens is 731 g/mol. The van der Waals surface area contributed by atoms with Crippen molar-refractivity contribution >= 4 is 25.8 Å². The van der Waals surface area contributed by atoms with Crippen LogP contribution < -0.4 is 11.1 Å². The van der Waals surface area contributed by atoms with E-state index in [1.807, 2.05) is 13.8 Å². The summed E-state index contributed by atoms with van der Waals surface area (Å²) in [5.41, 5.74) is 7.24. The smallest absolute Gasteiger partial charge is 0.297 e. The van der Waals surface area contributed by atoms with Gasteiger partial charge >= 0.3 is 0 Å². The molecule has 3 unspecified atom stereocenters. The number of rotatable bonds is 22. The summed E-state index contributed by atoms with van der Waals surface area (Å²) in [6.07, 6.45) is 6.36. The van der Waals surface area contributed by atoms with E-state index in [1.54, 1.807) is 69.7 Å². The van der Waals surface area contributed by atoms with Crippen LogP contribution in [0.25, 0.3) is 0 Å². The van der Waals surface area contributed by atoms with Crippen LogP contribution in [0.5, 0.6) is 0 Å². The van der Waals surface area contributed by atoms with Crippen molar-refractivity contribution in [2.24, 2.45) is 5.73 Å². The third kappa shape index (κ3) is 33.0. The van der Waals surface area contributed by atoms with E-state index in [1.165, 1.54) is 19.3 Å². The summed E-state index contributed by atoms with van der Waals surface area (Å²) in [6, 6.07) is 14.1. The molecule has 3 atom stereocenters. The zero-order valence-electron chi connectivity index (χ0n) is 32.4. The molecule has 0 aliphatic heterocycles. The molecule has 0 aliphatic carbocycles. The van der Waals surface area contributed by atoms with Crippen molar-refractivity contribution in [2.75, 3.05) is 67.0 Å². The number of ether oxygens (including phenoxy) is 4. The fourth-order valence-electron chi connectivity index (χ4n) is 3.83. The number of hydrogen-bond acceptors (Lipinski definition) is 10. The Hall–Kier alpha value is -1.33. The van der Waals surface area contributed by atoms with Crippen LogP contribution in [0.1, 0.15) is 77.3 Å². The van der Waals surface area contributed by atoms with E-state index in [4.69, 9.17) is 33.4 Å². The topological polar surface area (TPSA) is 156 Å². The second-order valence-corrected chi connectivity index (χ2v) is 15.1. The average molecular weight is 800 g/mol. The number of unbranched alkanes of at least 4 members (excludes halogenated alkanes) is 2. The van der Waals surface area contributed by atoms with E-state index in [-0.39, 0.29) is 29.6 Å². The van der Waals surface area contributed by atoms with Gasteiger partial charge < -0.3 is 34.6 Å². The van der Waals surface area contributed by atoms with Gasteiger partial charge in [-0.3, -0.25) is 4.18 Å². The van der Waals surface area contributed by atoms with Crippen LogP contribution in [-0.2, 0) is 61.6 Å². The quantitative estimate of drug-likeness (QED) is 0.0704. The van der Waals surface area contributed by atoms with Crippen LogP contribution in [0.2, 0.25) is 0 Å². The summed E-state index contributed by atoms with van der Waals surface area (Å²) in [4.78, 5) is 0.606. The van der Waals surface area contributed by atoms with Crippen LogP contribution in [0, 0.1) is 13.8 Å². The van der Waals surface area contributed by atoms with Crippen LogP contribution in [0.4, 0.5) is 0 Å². The molecule has 0 aliphatic rings. The summed E-state index contributed by atoms with van der Waals surface area (Å²) >= 11 is 0. The molecule has 0 bridgehead atoms. The molecule has 297 valence electrons. The number of aryl methyl sites for hydroxylation is 2. The van der Waals surface area contributed by atoms with Gasteiger partial charge in [0.05, 0.1) is 55.5 Å². The maximum atomic E-state index is 11.9. The van der Waals surface area contributed by atoms with Gasteiger partial charge in [0.25, 0.3) is 10.1 Å². The van der Waals surface area contributed by atoms with Gasteiger partial charge in [0.2, 0.25) is 0 Å². The van der Waals surface area contributed by atoms with Crippen molar-refractivity contribution in [1.82, 2.24) is 5.32 Å². The molecule has 0 saturated heterocycles. The molecule has 4 N–H and O–H groups in total. The van der Waals surface area contributed by atoms with E-state index < -0.39 is 19.9 Å². The molecule has 0 saturated carbocycles. The van der Waals surface area contributed by atoms with Crippen LogP contribution in [0.3, 0.4) is 0 Å². The van der Waals surface area contributed by atoms with E-state index >= 15 is 0 Å². The van der Waals surface area contributed by atoms with Crippen molar-refractivity contribution in [2.45, 2.75) is 102 Å². The van der Waals surface area contributed by atoms with Crippen molar-refractivity contribution in [3.8, 4) is 0 Å². The van der Waals surface area contributed by atoms with Crippen molar-refractivity contribution < 1.29 is 58.9 Å². The van der Waals surface area contributed by atoms with Gasteiger partial charge in [-0.2, -0.15) is 8.42 Å². The maximum Gasteiger partial charge on any atom is 0.297 e. The Kier molecular flexibility index (Phi) is 36.5. The largest absolute Gasteiger partial charge is 0.382 e. The first-order valence-corrected chi connectivity index (χ1v) is 20.5. The number of nitrogens with two attached hydrogens (primary N) is 1. The second kappa shape index (κ2) is 34.4. The van der Waals surface area contributed by atoms with E-state index in [9.17, 15) is 12.6 Å². The summed E-state index contributed by atoms with van der Waals surface area (Å²) in [7, 11) is -3.29. The first-order valence-electron chi connectivity index (χ1n) is 17.4. The molecule has 2 rings (SSSR count). The van der Waals surface area contributed by atoms with Crippen molar-refractivity contribution in [3.63, 3.8) is 0 Å². The SMILES string of the molecule is C=S(=O)(O)c1ccc(C)cc1.CCCCC(C)NCCOCCOC.CCCCC(C)OS(=O)(=O)c1ccc(C)cc1.COCCOCCN.[V]. The minimum absolute atomic E-state index is 0. The summed E-state index contributed by atoms with van der Waals surface area (Å²) in [6.45, 7) is 17.8.